The number of amides is 2. The quantitative estimate of drug-likeness (QED) is 0.796. The molecule has 0 bridgehead atoms. The van der Waals surface area contributed by atoms with Gasteiger partial charge in [-0.2, -0.15) is 0 Å². The van der Waals surface area contributed by atoms with E-state index < -0.39 is 6.04 Å². The highest BCUT2D eigenvalue weighted by Crippen LogP contribution is 2.20. The zero-order chi connectivity index (χ0) is 18.2. The van der Waals surface area contributed by atoms with Crippen molar-refractivity contribution in [2.24, 2.45) is 0 Å². The first-order valence-corrected chi connectivity index (χ1v) is 8.28. The van der Waals surface area contributed by atoms with E-state index in [0.717, 1.165) is 16.9 Å². The molecule has 5 nitrogen and oxygen atoms in total. The number of nitrogens with one attached hydrogen (secondary N) is 2. The molecule has 25 heavy (non-hydrogen) atoms. The molecule has 1 unspecified atom stereocenters. The van der Waals surface area contributed by atoms with Crippen LogP contribution in [0.2, 0.25) is 5.02 Å². The lowest BCUT2D eigenvalue weighted by molar-refractivity contribution is -0.122. The molecule has 0 radical (unpaired) electrons. The van der Waals surface area contributed by atoms with Crippen LogP contribution in [0.3, 0.4) is 0 Å². The molecule has 0 fully saturated rings. The average Bonchev–Trinajstić information content (AvgIpc) is 2.59. The highest BCUT2D eigenvalue weighted by molar-refractivity contribution is 6.30. The first kappa shape index (κ1) is 18.8. The van der Waals surface area contributed by atoms with Crippen molar-refractivity contribution in [2.75, 3.05) is 7.11 Å². The van der Waals surface area contributed by atoms with E-state index >= 15 is 0 Å². The minimum atomic E-state index is -0.424. The van der Waals surface area contributed by atoms with Gasteiger partial charge in [0.1, 0.15) is 5.75 Å². The van der Waals surface area contributed by atoms with Crippen molar-refractivity contribution in [3.8, 4) is 5.75 Å². The molecule has 0 aromatic heterocycles. The fourth-order valence-corrected chi connectivity index (χ4v) is 2.62. The molecule has 6 heteroatoms. The molecule has 2 N–H and O–H groups in total. The molecule has 0 aliphatic carbocycles. The van der Waals surface area contributed by atoms with Crippen LogP contribution >= 0.6 is 11.6 Å². The number of halogens is 1. The lowest BCUT2D eigenvalue weighted by Gasteiger charge is -2.18. The molecule has 132 valence electrons. The van der Waals surface area contributed by atoms with Gasteiger partial charge in [0.15, 0.2) is 0 Å². The monoisotopic (exact) mass is 360 g/mol. The first-order valence-electron chi connectivity index (χ1n) is 7.90. The van der Waals surface area contributed by atoms with Gasteiger partial charge in [-0.15, -0.1) is 0 Å². The van der Waals surface area contributed by atoms with Crippen molar-refractivity contribution in [1.82, 2.24) is 10.6 Å². The van der Waals surface area contributed by atoms with Crippen LogP contribution < -0.4 is 15.4 Å². The Morgan fingerprint density at radius 3 is 2.48 bits per heavy atom. The highest BCUT2D eigenvalue weighted by Gasteiger charge is 2.17. The third kappa shape index (κ3) is 6.12. The van der Waals surface area contributed by atoms with E-state index in [1.165, 1.54) is 6.92 Å². The SMILES string of the molecule is COc1ccc(CNC(=O)CC(NC(C)=O)c2cccc(Cl)c2)cc1. The Bertz CT molecular complexity index is 732. The second kappa shape index (κ2) is 9.08. The molecule has 0 spiro atoms. The van der Waals surface area contributed by atoms with Gasteiger partial charge in [0.25, 0.3) is 0 Å². The van der Waals surface area contributed by atoms with Gasteiger partial charge in [0, 0.05) is 18.5 Å². The summed E-state index contributed by atoms with van der Waals surface area (Å²) in [7, 11) is 1.61. The van der Waals surface area contributed by atoms with E-state index in [4.69, 9.17) is 16.3 Å². The minimum Gasteiger partial charge on any atom is -0.497 e. The number of carbonyl (C=O) groups is 2. The molecule has 0 heterocycles. The lowest BCUT2D eigenvalue weighted by Crippen LogP contribution is -2.32. The van der Waals surface area contributed by atoms with Gasteiger partial charge < -0.3 is 15.4 Å². The van der Waals surface area contributed by atoms with Crippen LogP contribution in [0.5, 0.6) is 5.75 Å². The minimum absolute atomic E-state index is 0.135. The number of ether oxygens (including phenoxy) is 1. The smallest absolute Gasteiger partial charge is 0.222 e. The molecular formula is C19H21ClN2O3. The van der Waals surface area contributed by atoms with E-state index in [9.17, 15) is 9.59 Å². The molecule has 2 rings (SSSR count). The average molecular weight is 361 g/mol. The molecule has 2 aromatic rings. The van der Waals surface area contributed by atoms with Crippen molar-refractivity contribution in [3.05, 3.63) is 64.7 Å². The Morgan fingerprint density at radius 2 is 1.88 bits per heavy atom. The zero-order valence-electron chi connectivity index (χ0n) is 14.2. The Kier molecular flexibility index (Phi) is 6.83. The van der Waals surface area contributed by atoms with E-state index in [-0.39, 0.29) is 18.2 Å². The van der Waals surface area contributed by atoms with Gasteiger partial charge in [-0.3, -0.25) is 9.59 Å². The fourth-order valence-electron chi connectivity index (χ4n) is 2.42. The van der Waals surface area contributed by atoms with Gasteiger partial charge in [0.2, 0.25) is 11.8 Å². The summed E-state index contributed by atoms with van der Waals surface area (Å²) in [5.41, 5.74) is 1.76. The van der Waals surface area contributed by atoms with Crippen LogP contribution in [0.1, 0.15) is 30.5 Å². The van der Waals surface area contributed by atoms with Crippen molar-refractivity contribution >= 4 is 23.4 Å². The summed E-state index contributed by atoms with van der Waals surface area (Å²) in [6.45, 7) is 1.83. The van der Waals surface area contributed by atoms with Gasteiger partial charge in [-0.05, 0) is 35.4 Å². The summed E-state index contributed by atoms with van der Waals surface area (Å²) in [6.07, 6.45) is 0.135. The second-order valence-electron chi connectivity index (χ2n) is 5.64. The summed E-state index contributed by atoms with van der Waals surface area (Å²) < 4.78 is 5.10. The van der Waals surface area contributed by atoms with Crippen LogP contribution in [0, 0.1) is 0 Å². The van der Waals surface area contributed by atoms with E-state index in [0.29, 0.717) is 11.6 Å². The van der Waals surface area contributed by atoms with Gasteiger partial charge in [0.05, 0.1) is 19.6 Å². The van der Waals surface area contributed by atoms with Crippen LogP contribution in [0.4, 0.5) is 0 Å². The van der Waals surface area contributed by atoms with Gasteiger partial charge >= 0.3 is 0 Å². The number of hydrogen-bond acceptors (Lipinski definition) is 3. The second-order valence-corrected chi connectivity index (χ2v) is 6.07. The molecular weight excluding hydrogens is 340 g/mol. The van der Waals surface area contributed by atoms with Crippen LogP contribution in [0.25, 0.3) is 0 Å². The predicted octanol–water partition coefficient (Wildman–Crippen LogP) is 3.23. The van der Waals surface area contributed by atoms with Crippen LogP contribution in [-0.2, 0) is 16.1 Å². The highest BCUT2D eigenvalue weighted by atomic mass is 35.5. The number of hydrogen-bond donors (Lipinski definition) is 2. The van der Waals surface area contributed by atoms with E-state index in [2.05, 4.69) is 10.6 Å². The zero-order valence-corrected chi connectivity index (χ0v) is 15.0. The number of benzene rings is 2. The normalized spacial score (nSPS) is 11.5. The molecule has 0 saturated carbocycles. The van der Waals surface area contributed by atoms with Crippen molar-refractivity contribution in [2.45, 2.75) is 25.9 Å². The predicted molar refractivity (Wildman–Crippen MR) is 97.5 cm³/mol. The Morgan fingerprint density at radius 1 is 1.16 bits per heavy atom. The van der Waals surface area contributed by atoms with Crippen LogP contribution in [0.15, 0.2) is 48.5 Å². The standard InChI is InChI=1S/C19H21ClN2O3/c1-13(23)22-18(15-4-3-5-16(20)10-15)11-19(24)21-12-14-6-8-17(25-2)9-7-14/h3-10,18H,11-12H2,1-2H3,(H,21,24)(H,22,23). The Balaban J connectivity index is 1.97. The first-order chi connectivity index (χ1) is 12.0. The van der Waals surface area contributed by atoms with Gasteiger partial charge in [-0.1, -0.05) is 35.9 Å². The Hall–Kier alpha value is -2.53. The maximum absolute atomic E-state index is 12.3. The fraction of sp³-hybridized carbons (Fsp3) is 0.263. The molecule has 1 atom stereocenters. The summed E-state index contributed by atoms with van der Waals surface area (Å²) in [4.78, 5) is 23.7. The van der Waals surface area contributed by atoms with Crippen molar-refractivity contribution in [1.29, 1.82) is 0 Å². The van der Waals surface area contributed by atoms with E-state index in [1.54, 1.807) is 25.3 Å². The molecule has 2 aromatic carbocycles. The molecule has 0 saturated heterocycles. The Labute approximate surface area is 152 Å². The van der Waals surface area contributed by atoms with E-state index in [1.807, 2.05) is 30.3 Å². The van der Waals surface area contributed by atoms with Crippen LogP contribution in [-0.4, -0.2) is 18.9 Å². The molecule has 0 aliphatic heterocycles. The number of carbonyl (C=O) groups excluding carboxylic acids is 2. The topological polar surface area (TPSA) is 67.4 Å². The summed E-state index contributed by atoms with van der Waals surface area (Å²) >= 11 is 6.00. The maximum Gasteiger partial charge on any atom is 0.222 e. The van der Waals surface area contributed by atoms with Crippen molar-refractivity contribution < 1.29 is 14.3 Å². The third-order valence-electron chi connectivity index (χ3n) is 3.67. The summed E-state index contributed by atoms with van der Waals surface area (Å²) in [5.74, 6) is 0.407. The summed E-state index contributed by atoms with van der Waals surface area (Å²) in [6, 6.07) is 14.2. The summed E-state index contributed by atoms with van der Waals surface area (Å²) in [5, 5.41) is 6.21. The molecule has 2 amide bonds. The maximum atomic E-state index is 12.3. The number of rotatable bonds is 7. The molecule has 0 aliphatic rings. The van der Waals surface area contributed by atoms with Crippen molar-refractivity contribution in [3.63, 3.8) is 0 Å². The lowest BCUT2D eigenvalue weighted by atomic mass is 10.0. The van der Waals surface area contributed by atoms with Gasteiger partial charge in [-0.25, -0.2) is 0 Å². The largest absolute Gasteiger partial charge is 0.497 e. The third-order valence-corrected chi connectivity index (χ3v) is 3.90. The number of methoxy groups -OCH3 is 1.